The summed E-state index contributed by atoms with van der Waals surface area (Å²) in [5.41, 5.74) is 2.03. The van der Waals surface area contributed by atoms with E-state index in [9.17, 15) is 0 Å². The molecule has 1 aromatic heterocycles. The van der Waals surface area contributed by atoms with Crippen molar-refractivity contribution in [3.05, 3.63) is 47.2 Å². The molecule has 0 radical (unpaired) electrons. The first-order valence-corrected chi connectivity index (χ1v) is 8.95. The summed E-state index contributed by atoms with van der Waals surface area (Å²) < 4.78 is 10.9. The van der Waals surface area contributed by atoms with E-state index in [2.05, 4.69) is 46.6 Å². The van der Waals surface area contributed by atoms with E-state index < -0.39 is 0 Å². The van der Waals surface area contributed by atoms with Crippen LogP contribution in [0, 0.1) is 13.8 Å². The van der Waals surface area contributed by atoms with Gasteiger partial charge in [-0.05, 0) is 38.5 Å². The lowest BCUT2D eigenvalue weighted by atomic mass is 9.84. The minimum absolute atomic E-state index is 0. The second-order valence-corrected chi connectivity index (χ2v) is 6.91. The summed E-state index contributed by atoms with van der Waals surface area (Å²) in [5, 5.41) is 6.68. The Morgan fingerprint density at radius 3 is 2.59 bits per heavy atom. The van der Waals surface area contributed by atoms with Crippen molar-refractivity contribution in [1.82, 2.24) is 15.6 Å². The van der Waals surface area contributed by atoms with Gasteiger partial charge in [0, 0.05) is 18.5 Å². The SMILES string of the molecule is CCNC(=NCc1nc(C)c(C)o1)NCC(C)(C)c1cccc(OC)c1.I. The first kappa shape index (κ1) is 23.3. The first-order chi connectivity index (χ1) is 12.4. The molecule has 6 nitrogen and oxygen atoms in total. The molecule has 0 spiro atoms. The van der Waals surface area contributed by atoms with Crippen LogP contribution in [-0.4, -0.2) is 31.1 Å². The van der Waals surface area contributed by atoms with Gasteiger partial charge >= 0.3 is 0 Å². The van der Waals surface area contributed by atoms with Crippen molar-refractivity contribution in [2.45, 2.75) is 46.6 Å². The molecule has 0 amide bonds. The van der Waals surface area contributed by atoms with Gasteiger partial charge < -0.3 is 19.8 Å². The summed E-state index contributed by atoms with van der Waals surface area (Å²) in [5.74, 6) is 3.08. The zero-order chi connectivity index (χ0) is 19.2. The maximum absolute atomic E-state index is 5.60. The van der Waals surface area contributed by atoms with Crippen molar-refractivity contribution in [1.29, 1.82) is 0 Å². The number of oxazole rings is 1. The zero-order valence-corrected chi connectivity index (χ0v) is 19.4. The monoisotopic (exact) mass is 486 g/mol. The van der Waals surface area contributed by atoms with Crippen LogP contribution in [-0.2, 0) is 12.0 Å². The van der Waals surface area contributed by atoms with E-state index >= 15 is 0 Å². The largest absolute Gasteiger partial charge is 0.497 e. The summed E-state index contributed by atoms with van der Waals surface area (Å²) in [7, 11) is 1.69. The van der Waals surface area contributed by atoms with Crippen LogP contribution in [0.25, 0.3) is 0 Å². The molecule has 1 aromatic carbocycles. The molecule has 0 saturated carbocycles. The average Bonchev–Trinajstić information content (AvgIpc) is 2.95. The topological polar surface area (TPSA) is 71.7 Å². The molecule has 0 atom stereocenters. The van der Waals surface area contributed by atoms with Crippen molar-refractivity contribution < 1.29 is 9.15 Å². The highest BCUT2D eigenvalue weighted by Gasteiger charge is 2.21. The molecule has 1 heterocycles. The van der Waals surface area contributed by atoms with Crippen molar-refractivity contribution in [2.75, 3.05) is 20.2 Å². The van der Waals surface area contributed by atoms with Crippen LogP contribution in [0.2, 0.25) is 0 Å². The van der Waals surface area contributed by atoms with E-state index in [-0.39, 0.29) is 29.4 Å². The summed E-state index contributed by atoms with van der Waals surface area (Å²) in [6.07, 6.45) is 0. The Morgan fingerprint density at radius 1 is 1.26 bits per heavy atom. The van der Waals surface area contributed by atoms with Gasteiger partial charge in [0.15, 0.2) is 5.96 Å². The Hall–Kier alpha value is -1.77. The average molecular weight is 486 g/mol. The minimum Gasteiger partial charge on any atom is -0.497 e. The van der Waals surface area contributed by atoms with Gasteiger partial charge in [0.1, 0.15) is 18.1 Å². The molecule has 0 fully saturated rings. The number of nitrogens with zero attached hydrogens (tertiary/aromatic N) is 2. The normalized spacial score (nSPS) is 11.7. The number of ether oxygens (including phenoxy) is 1. The number of hydrogen-bond donors (Lipinski definition) is 2. The molecule has 0 unspecified atom stereocenters. The lowest BCUT2D eigenvalue weighted by molar-refractivity contribution is 0.411. The number of aliphatic imine (C=N–C) groups is 1. The second-order valence-electron chi connectivity index (χ2n) is 6.91. The van der Waals surface area contributed by atoms with Gasteiger partial charge in [0.2, 0.25) is 5.89 Å². The van der Waals surface area contributed by atoms with Gasteiger partial charge in [0.05, 0.1) is 12.8 Å². The van der Waals surface area contributed by atoms with E-state index in [4.69, 9.17) is 9.15 Å². The summed E-state index contributed by atoms with van der Waals surface area (Å²) in [6.45, 7) is 12.2. The third-order valence-corrected chi connectivity index (χ3v) is 4.34. The van der Waals surface area contributed by atoms with Gasteiger partial charge in [-0.25, -0.2) is 9.98 Å². The zero-order valence-electron chi connectivity index (χ0n) is 17.0. The van der Waals surface area contributed by atoms with Gasteiger partial charge in [-0.15, -0.1) is 24.0 Å². The molecular weight excluding hydrogens is 455 g/mol. The highest BCUT2D eigenvalue weighted by atomic mass is 127. The number of nitrogens with one attached hydrogen (secondary N) is 2. The maximum Gasteiger partial charge on any atom is 0.216 e. The molecule has 0 aliphatic rings. The van der Waals surface area contributed by atoms with E-state index in [0.717, 1.165) is 36.3 Å². The van der Waals surface area contributed by atoms with E-state index in [0.29, 0.717) is 12.4 Å². The van der Waals surface area contributed by atoms with Crippen LogP contribution in [0.1, 0.15) is 43.7 Å². The molecule has 27 heavy (non-hydrogen) atoms. The summed E-state index contributed by atoms with van der Waals surface area (Å²) in [6, 6.07) is 8.16. The molecule has 150 valence electrons. The smallest absolute Gasteiger partial charge is 0.216 e. The number of rotatable bonds is 7. The lowest BCUT2D eigenvalue weighted by Crippen LogP contribution is -2.43. The van der Waals surface area contributed by atoms with Crippen molar-refractivity contribution in [3.8, 4) is 5.75 Å². The summed E-state index contributed by atoms with van der Waals surface area (Å²) in [4.78, 5) is 8.96. The van der Waals surface area contributed by atoms with E-state index in [1.807, 2.05) is 32.9 Å². The number of halogens is 1. The fourth-order valence-electron chi connectivity index (χ4n) is 2.55. The van der Waals surface area contributed by atoms with Crippen LogP contribution in [0.3, 0.4) is 0 Å². The standard InChI is InChI=1S/C20H30N4O2.HI/c1-7-21-19(22-12-18-24-14(2)15(3)26-18)23-13-20(4,5)16-9-8-10-17(11-16)25-6;/h8-11H,7,12-13H2,1-6H3,(H2,21,22,23);1H. The van der Waals surface area contributed by atoms with E-state index in [1.165, 1.54) is 5.56 Å². The lowest BCUT2D eigenvalue weighted by Gasteiger charge is -2.27. The van der Waals surface area contributed by atoms with Crippen molar-refractivity contribution >= 4 is 29.9 Å². The predicted molar refractivity (Wildman–Crippen MR) is 120 cm³/mol. The van der Waals surface area contributed by atoms with Crippen molar-refractivity contribution in [2.24, 2.45) is 4.99 Å². The maximum atomic E-state index is 5.60. The Bertz CT molecular complexity index is 737. The molecule has 2 N–H and O–H groups in total. The summed E-state index contributed by atoms with van der Waals surface area (Å²) >= 11 is 0. The third kappa shape index (κ3) is 6.71. The highest BCUT2D eigenvalue weighted by molar-refractivity contribution is 14.0. The Morgan fingerprint density at radius 2 is 2.00 bits per heavy atom. The molecule has 0 bridgehead atoms. The van der Waals surface area contributed by atoms with E-state index in [1.54, 1.807) is 7.11 Å². The molecule has 0 saturated heterocycles. The number of benzene rings is 1. The third-order valence-electron chi connectivity index (χ3n) is 4.34. The molecule has 2 rings (SSSR count). The van der Waals surface area contributed by atoms with Gasteiger partial charge in [-0.3, -0.25) is 0 Å². The molecular formula is C20H31IN4O2. The number of hydrogen-bond acceptors (Lipinski definition) is 4. The van der Waals surface area contributed by atoms with Crippen LogP contribution >= 0.6 is 24.0 Å². The molecule has 2 aromatic rings. The number of methoxy groups -OCH3 is 1. The quantitative estimate of drug-likeness (QED) is 0.353. The molecule has 0 aliphatic carbocycles. The number of aromatic nitrogens is 1. The number of guanidine groups is 1. The van der Waals surface area contributed by atoms with Gasteiger partial charge in [0.25, 0.3) is 0 Å². The first-order valence-electron chi connectivity index (χ1n) is 8.95. The Balaban J connectivity index is 0.00000364. The van der Waals surface area contributed by atoms with Gasteiger partial charge in [-0.2, -0.15) is 0 Å². The molecule has 0 aliphatic heterocycles. The minimum atomic E-state index is -0.0825. The van der Waals surface area contributed by atoms with Gasteiger partial charge in [-0.1, -0.05) is 26.0 Å². The fraction of sp³-hybridized carbons (Fsp3) is 0.500. The predicted octanol–water partition coefficient (Wildman–Crippen LogP) is 3.95. The Labute approximate surface area is 179 Å². The van der Waals surface area contributed by atoms with Crippen LogP contribution in [0.4, 0.5) is 0 Å². The van der Waals surface area contributed by atoms with Crippen LogP contribution in [0.15, 0.2) is 33.7 Å². The second kappa shape index (κ2) is 10.5. The van der Waals surface area contributed by atoms with Crippen LogP contribution < -0.4 is 15.4 Å². The van der Waals surface area contributed by atoms with Crippen LogP contribution in [0.5, 0.6) is 5.75 Å². The number of aryl methyl sites for hydroxylation is 2. The highest BCUT2D eigenvalue weighted by Crippen LogP contribution is 2.25. The Kier molecular flexibility index (Phi) is 9.08. The fourth-order valence-corrected chi connectivity index (χ4v) is 2.55. The van der Waals surface area contributed by atoms with Crippen molar-refractivity contribution in [3.63, 3.8) is 0 Å². The molecule has 7 heteroatoms.